The predicted molar refractivity (Wildman–Crippen MR) is 327 cm³/mol. The molecule has 0 radical (unpaired) electrons. The fourth-order valence-corrected chi connectivity index (χ4v) is 20.4. The Morgan fingerprint density at radius 1 is 0.325 bits per heavy atom. The molecule has 10 rings (SSSR count). The van der Waals surface area contributed by atoms with Crippen LogP contribution >= 0.6 is 0 Å². The second-order valence-corrected chi connectivity index (χ2v) is 26.4. The Labute approximate surface area is 514 Å². The molecular weight excluding hydrogens is 1080 g/mol. The molecule has 0 saturated heterocycles. The van der Waals surface area contributed by atoms with Crippen molar-refractivity contribution in [2.24, 2.45) is 0 Å². The summed E-state index contributed by atoms with van der Waals surface area (Å²) in [5.74, 6) is 0. The van der Waals surface area contributed by atoms with E-state index in [1.54, 1.807) is 0 Å². The molecule has 9 aromatic rings. The van der Waals surface area contributed by atoms with Gasteiger partial charge in [0.25, 0.3) is 0 Å². The molecule has 0 spiro atoms. The van der Waals surface area contributed by atoms with Crippen LogP contribution in [0.15, 0.2) is 217 Å². The summed E-state index contributed by atoms with van der Waals surface area (Å²) in [4.78, 5) is 0. The zero-order valence-corrected chi connectivity index (χ0v) is 53.3. The van der Waals surface area contributed by atoms with E-state index in [1.807, 2.05) is 0 Å². The van der Waals surface area contributed by atoms with E-state index in [1.165, 1.54) is 132 Å². The molecule has 1 atom stereocenters. The monoisotopic (exact) mass is 1160 g/mol. The Bertz CT molecular complexity index is 3270. The van der Waals surface area contributed by atoms with E-state index < -0.39 is 13.1 Å². The normalized spacial score (nSPS) is 13.8. The Morgan fingerprint density at radius 3 is 0.738 bits per heavy atom. The van der Waals surface area contributed by atoms with E-state index in [2.05, 4.69) is 276 Å². The van der Waals surface area contributed by atoms with E-state index in [4.69, 9.17) is 0 Å². The van der Waals surface area contributed by atoms with E-state index >= 15 is 0 Å². The molecule has 0 aromatic heterocycles. The van der Waals surface area contributed by atoms with Crippen molar-refractivity contribution in [3.05, 3.63) is 323 Å². The molecule has 0 bridgehead atoms. The van der Waals surface area contributed by atoms with Gasteiger partial charge in [-0.2, -0.15) is 11.1 Å². The minimum absolute atomic E-state index is 0. The van der Waals surface area contributed by atoms with Crippen molar-refractivity contribution in [1.29, 1.82) is 0 Å². The first kappa shape index (κ1) is 63.4. The average Bonchev–Trinajstić information content (AvgIpc) is 2.89. The summed E-state index contributed by atoms with van der Waals surface area (Å²) >= 11 is 0. The molecule has 80 heavy (non-hydrogen) atoms. The minimum atomic E-state index is -3.58. The Morgan fingerprint density at radius 2 is 0.537 bits per heavy atom. The zero-order valence-electron chi connectivity index (χ0n) is 48.4. The number of benzene rings is 9. The molecule has 0 amide bonds. The maximum Gasteiger partial charge on any atom is 4.00 e. The number of aryl methyl sites for hydroxylation is 3. The first-order chi connectivity index (χ1) is 36.8. The molecule has 1 aliphatic carbocycles. The molecule has 9 aromatic carbocycles. The summed E-state index contributed by atoms with van der Waals surface area (Å²) in [6.07, 6.45) is 9.66. The number of halogens is 3. The quantitative estimate of drug-likeness (QED) is 0.0538. The topological polar surface area (TPSA) is 0 Å². The minimum Gasteiger partial charge on any atom is -1.00 e. The van der Waals surface area contributed by atoms with Crippen molar-refractivity contribution in [3.8, 4) is 0 Å². The number of allylic oxidation sites excluding steroid dienone is 4. The maximum atomic E-state index is 4.52. The van der Waals surface area contributed by atoms with Crippen molar-refractivity contribution in [2.75, 3.05) is 0 Å². The molecule has 1 aliphatic rings. The summed E-state index contributed by atoms with van der Waals surface area (Å²) in [7, 11) is -3.58. The van der Waals surface area contributed by atoms with Gasteiger partial charge in [-0.3, -0.25) is 6.08 Å². The van der Waals surface area contributed by atoms with E-state index in [0.29, 0.717) is 0 Å². The fourth-order valence-electron chi connectivity index (χ4n) is 13.4. The van der Waals surface area contributed by atoms with Gasteiger partial charge in [-0.1, -0.05) is 226 Å². The van der Waals surface area contributed by atoms with Crippen LogP contribution in [0.4, 0.5) is 0 Å². The summed E-state index contributed by atoms with van der Waals surface area (Å²) in [5.41, 5.74) is 29.2. The van der Waals surface area contributed by atoms with Gasteiger partial charge in [0.2, 0.25) is 0 Å². The second kappa shape index (κ2) is 27.4. The third-order valence-electron chi connectivity index (χ3n) is 17.8. The molecular formula is C75H75Cl3SiTi. The van der Waals surface area contributed by atoms with Crippen molar-refractivity contribution in [3.63, 3.8) is 0 Å². The van der Waals surface area contributed by atoms with E-state index in [-0.39, 0.29) is 58.9 Å². The summed E-state index contributed by atoms with van der Waals surface area (Å²) < 4.78 is 0. The molecule has 5 heteroatoms. The third kappa shape index (κ3) is 12.4. The van der Waals surface area contributed by atoms with Gasteiger partial charge >= 0.3 is 21.7 Å². The molecule has 0 heterocycles. The van der Waals surface area contributed by atoms with Crippen LogP contribution in [0, 0.1) is 47.6 Å². The Balaban J connectivity index is 0.00000258. The van der Waals surface area contributed by atoms with Crippen LogP contribution in [0.1, 0.15) is 128 Å². The van der Waals surface area contributed by atoms with Gasteiger partial charge in [0.15, 0.2) is 0 Å². The largest absolute Gasteiger partial charge is 4.00 e. The van der Waals surface area contributed by atoms with Gasteiger partial charge in [0.05, 0.1) is 0 Å². The predicted octanol–water partition coefficient (Wildman–Crippen LogP) is 7.42. The number of hydrogen-bond donors (Lipinski definition) is 0. The molecule has 0 N–H and O–H groups in total. The Kier molecular flexibility index (Phi) is 21.7. The second-order valence-electron chi connectivity index (χ2n) is 22.3. The molecule has 1 unspecified atom stereocenters. The van der Waals surface area contributed by atoms with Gasteiger partial charge in [-0.25, -0.2) is 5.57 Å². The first-order valence-electron chi connectivity index (χ1n) is 27.7. The summed E-state index contributed by atoms with van der Waals surface area (Å²) in [5, 5.41) is 4.05. The third-order valence-corrected chi connectivity index (χ3v) is 23.6. The van der Waals surface area contributed by atoms with Crippen LogP contribution < -0.4 is 52.8 Å². The van der Waals surface area contributed by atoms with Crippen molar-refractivity contribution in [2.45, 2.75) is 113 Å². The maximum absolute atomic E-state index is 4.52. The van der Waals surface area contributed by atoms with Crippen LogP contribution in [0.5, 0.6) is 0 Å². The van der Waals surface area contributed by atoms with Crippen molar-refractivity contribution in [1.82, 2.24) is 0 Å². The number of rotatable bonds is 16. The fraction of sp³-hybridized carbons (Fsp3) is 0.227. The first-order valence-corrected chi connectivity index (χ1v) is 29.7. The molecule has 404 valence electrons. The molecule has 0 aliphatic heterocycles. The molecule has 0 fully saturated rings. The van der Waals surface area contributed by atoms with Crippen molar-refractivity contribution >= 4 is 23.6 Å². The molecule has 0 nitrogen and oxygen atoms in total. The van der Waals surface area contributed by atoms with Crippen LogP contribution in [-0.2, 0) is 60.2 Å². The molecule has 0 saturated carbocycles. The van der Waals surface area contributed by atoms with Gasteiger partial charge in [0.1, 0.15) is 8.07 Å². The van der Waals surface area contributed by atoms with Gasteiger partial charge in [-0.15, -0.1) is 6.92 Å². The Hall–Kier alpha value is -5.74. The van der Waals surface area contributed by atoms with Gasteiger partial charge in [-0.05, 0) is 196 Å². The van der Waals surface area contributed by atoms with E-state index in [9.17, 15) is 0 Å². The summed E-state index contributed by atoms with van der Waals surface area (Å²) in [6, 6.07) is 75.7. The standard InChI is InChI=1S/C75H75Si.3ClH.Ti/c1-51-41-72(69(47-63-35-23-14-24-36-63)56(6)66(51)44-60-29-17-11-18-30-60)76(75(10)50-54(4)55(5)59(75)9,73-42-52(2)67(45-61-31-19-12-20-32-61)57(7)70(73)48-64-37-25-15-26-38-64)74-43-53(3)68(46-62-33-21-13-22-34-62)58(8)71(74)49-65-39-27-16-28-40-65;;;;/h11-43H,44-49H2,1-10H3;3*1H;/q-1;;;;+4/p-3. The van der Waals surface area contributed by atoms with Crippen LogP contribution in [0.2, 0.25) is 5.04 Å². The summed E-state index contributed by atoms with van der Waals surface area (Å²) in [6.45, 7) is 24.5. The van der Waals surface area contributed by atoms with Crippen LogP contribution in [-0.4, -0.2) is 8.07 Å². The average molecular weight is 1160 g/mol. The van der Waals surface area contributed by atoms with Crippen molar-refractivity contribution < 1.29 is 58.9 Å². The van der Waals surface area contributed by atoms with Gasteiger partial charge < -0.3 is 37.2 Å². The van der Waals surface area contributed by atoms with Crippen LogP contribution in [0.25, 0.3) is 0 Å². The zero-order chi connectivity index (χ0) is 53.1. The van der Waals surface area contributed by atoms with E-state index in [0.717, 1.165) is 38.5 Å². The van der Waals surface area contributed by atoms with Crippen LogP contribution in [0.3, 0.4) is 0 Å². The smallest absolute Gasteiger partial charge is 1.00 e. The number of hydrogen-bond acceptors (Lipinski definition) is 0. The SMILES string of the molecule is CC1=[C-]C(C)([Si](c2cc(C)c(Cc3ccccc3)c(C)c2Cc2ccccc2)(c2cc(C)c(Cc3ccccc3)c(C)c2Cc2ccccc2)c2cc(C)c(Cc3ccccc3)c(C)c2Cc2ccccc2)C(C)=C1C.[Cl-].[Cl-].[Cl-].[Ti+4]. The van der Waals surface area contributed by atoms with Gasteiger partial charge in [0, 0.05) is 0 Å².